The molecule has 1 rings (SSSR count). The van der Waals surface area contributed by atoms with E-state index in [9.17, 15) is 9.50 Å². The number of aliphatic hydroxyl groups is 1. The summed E-state index contributed by atoms with van der Waals surface area (Å²) in [5.41, 5.74) is 0.208. The first kappa shape index (κ1) is 13.4. The van der Waals surface area contributed by atoms with E-state index in [-0.39, 0.29) is 18.0 Å². The minimum Gasteiger partial charge on any atom is -0.394 e. The first-order chi connectivity index (χ1) is 7.36. The SMILES string of the molecule is CN(Cc1ccc(Cl)cc1F)C(C)(C)CO. The minimum absolute atomic E-state index is 0.0265. The highest BCUT2D eigenvalue weighted by Crippen LogP contribution is 2.19. The monoisotopic (exact) mass is 245 g/mol. The topological polar surface area (TPSA) is 23.5 Å². The summed E-state index contributed by atoms with van der Waals surface area (Å²) in [7, 11) is 1.85. The highest BCUT2D eigenvalue weighted by atomic mass is 35.5. The lowest BCUT2D eigenvalue weighted by Crippen LogP contribution is -2.43. The van der Waals surface area contributed by atoms with E-state index >= 15 is 0 Å². The second-order valence-electron chi connectivity index (χ2n) is 4.56. The second kappa shape index (κ2) is 5.13. The van der Waals surface area contributed by atoms with Crippen LogP contribution in [-0.2, 0) is 6.54 Å². The van der Waals surface area contributed by atoms with Crippen molar-refractivity contribution in [2.45, 2.75) is 25.9 Å². The number of hydrogen-bond donors (Lipinski definition) is 1. The van der Waals surface area contributed by atoms with Crippen LogP contribution < -0.4 is 0 Å². The van der Waals surface area contributed by atoms with Crippen molar-refractivity contribution in [1.82, 2.24) is 4.90 Å². The fraction of sp³-hybridized carbons (Fsp3) is 0.500. The summed E-state index contributed by atoms with van der Waals surface area (Å²) in [4.78, 5) is 1.90. The predicted molar refractivity (Wildman–Crippen MR) is 64.0 cm³/mol. The van der Waals surface area contributed by atoms with Gasteiger partial charge in [0, 0.05) is 22.7 Å². The summed E-state index contributed by atoms with van der Waals surface area (Å²) >= 11 is 5.68. The lowest BCUT2D eigenvalue weighted by molar-refractivity contribution is 0.0726. The van der Waals surface area contributed by atoms with Crippen molar-refractivity contribution >= 4 is 11.6 Å². The Hall–Kier alpha value is -0.640. The average Bonchev–Trinajstić information content (AvgIpc) is 2.22. The quantitative estimate of drug-likeness (QED) is 0.882. The van der Waals surface area contributed by atoms with E-state index in [4.69, 9.17) is 11.6 Å². The third-order valence-corrected chi connectivity index (χ3v) is 3.08. The molecule has 0 unspecified atom stereocenters. The van der Waals surface area contributed by atoms with Gasteiger partial charge in [-0.25, -0.2) is 4.39 Å². The normalized spacial score (nSPS) is 12.2. The standard InChI is InChI=1S/C12H17ClFNO/c1-12(2,8-16)15(3)7-9-4-5-10(13)6-11(9)14/h4-6,16H,7-8H2,1-3H3. The molecular weight excluding hydrogens is 229 g/mol. The van der Waals surface area contributed by atoms with E-state index in [0.29, 0.717) is 17.1 Å². The van der Waals surface area contributed by atoms with Gasteiger partial charge in [-0.1, -0.05) is 17.7 Å². The van der Waals surface area contributed by atoms with Crippen molar-refractivity contribution in [2.75, 3.05) is 13.7 Å². The number of nitrogens with zero attached hydrogens (tertiary/aromatic N) is 1. The molecule has 0 saturated carbocycles. The molecule has 16 heavy (non-hydrogen) atoms. The highest BCUT2D eigenvalue weighted by molar-refractivity contribution is 6.30. The van der Waals surface area contributed by atoms with E-state index in [1.807, 2.05) is 25.8 Å². The first-order valence-electron chi connectivity index (χ1n) is 5.13. The molecule has 0 amide bonds. The number of rotatable bonds is 4. The fourth-order valence-corrected chi connectivity index (χ4v) is 1.40. The summed E-state index contributed by atoms with van der Waals surface area (Å²) in [5, 5.41) is 9.59. The van der Waals surface area contributed by atoms with Crippen LogP contribution in [0.5, 0.6) is 0 Å². The van der Waals surface area contributed by atoms with E-state index in [2.05, 4.69) is 0 Å². The molecule has 0 heterocycles. The molecule has 0 saturated heterocycles. The van der Waals surface area contributed by atoms with Crippen molar-refractivity contribution in [3.05, 3.63) is 34.6 Å². The van der Waals surface area contributed by atoms with E-state index in [1.165, 1.54) is 6.07 Å². The lowest BCUT2D eigenvalue weighted by atomic mass is 10.0. The number of hydrogen-bond acceptors (Lipinski definition) is 2. The minimum atomic E-state index is -0.369. The maximum absolute atomic E-state index is 13.5. The van der Waals surface area contributed by atoms with Crippen LogP contribution in [0.4, 0.5) is 4.39 Å². The Balaban J connectivity index is 2.81. The highest BCUT2D eigenvalue weighted by Gasteiger charge is 2.23. The smallest absolute Gasteiger partial charge is 0.129 e. The number of likely N-dealkylation sites (N-methyl/N-ethyl adjacent to an activating group) is 1. The van der Waals surface area contributed by atoms with Crippen LogP contribution in [0.1, 0.15) is 19.4 Å². The molecule has 1 N–H and O–H groups in total. The van der Waals surface area contributed by atoms with Gasteiger partial charge < -0.3 is 5.11 Å². The Bertz CT molecular complexity index is 368. The van der Waals surface area contributed by atoms with Gasteiger partial charge in [0.25, 0.3) is 0 Å². The maximum atomic E-state index is 13.5. The predicted octanol–water partition coefficient (Wildman–Crippen LogP) is 2.68. The average molecular weight is 246 g/mol. The van der Waals surface area contributed by atoms with E-state index in [1.54, 1.807) is 12.1 Å². The van der Waals surface area contributed by atoms with Gasteiger partial charge in [-0.2, -0.15) is 0 Å². The number of halogens is 2. The van der Waals surface area contributed by atoms with Crippen molar-refractivity contribution in [1.29, 1.82) is 0 Å². The fourth-order valence-electron chi connectivity index (χ4n) is 1.24. The Morgan fingerprint density at radius 3 is 2.56 bits per heavy atom. The molecule has 0 aromatic heterocycles. The van der Waals surface area contributed by atoms with Gasteiger partial charge in [0.1, 0.15) is 5.82 Å². The molecule has 0 bridgehead atoms. The van der Waals surface area contributed by atoms with Crippen molar-refractivity contribution in [2.24, 2.45) is 0 Å². The summed E-state index contributed by atoms with van der Waals surface area (Å²) in [6, 6.07) is 4.64. The first-order valence-corrected chi connectivity index (χ1v) is 5.50. The Kier molecular flexibility index (Phi) is 4.30. The largest absolute Gasteiger partial charge is 0.394 e. The molecule has 90 valence electrons. The molecule has 4 heteroatoms. The van der Waals surface area contributed by atoms with Crippen molar-refractivity contribution < 1.29 is 9.50 Å². The van der Waals surface area contributed by atoms with Gasteiger partial charge >= 0.3 is 0 Å². The maximum Gasteiger partial charge on any atom is 0.129 e. The zero-order chi connectivity index (χ0) is 12.3. The molecule has 2 nitrogen and oxygen atoms in total. The van der Waals surface area contributed by atoms with Crippen molar-refractivity contribution in [3.63, 3.8) is 0 Å². The van der Waals surface area contributed by atoms with Gasteiger partial charge in [0.15, 0.2) is 0 Å². The van der Waals surface area contributed by atoms with Crippen LogP contribution in [0, 0.1) is 5.82 Å². The summed E-state index contributed by atoms with van der Waals surface area (Å²) in [6.45, 7) is 4.27. The van der Waals surface area contributed by atoms with Crippen LogP contribution >= 0.6 is 11.6 Å². The summed E-state index contributed by atoms with van der Waals surface area (Å²) < 4.78 is 13.5. The molecule has 1 aromatic carbocycles. The number of aliphatic hydroxyl groups excluding tert-OH is 1. The molecule has 0 aliphatic carbocycles. The van der Waals surface area contributed by atoms with Gasteiger partial charge in [-0.05, 0) is 33.0 Å². The number of benzene rings is 1. The van der Waals surface area contributed by atoms with Gasteiger partial charge in [0.2, 0.25) is 0 Å². The summed E-state index contributed by atoms with van der Waals surface area (Å²) in [5.74, 6) is -0.312. The third kappa shape index (κ3) is 3.17. The molecule has 0 aliphatic heterocycles. The Morgan fingerprint density at radius 1 is 1.44 bits per heavy atom. The molecule has 0 radical (unpaired) electrons. The van der Waals surface area contributed by atoms with Crippen LogP contribution in [-0.4, -0.2) is 29.2 Å². The van der Waals surface area contributed by atoms with Crippen LogP contribution in [0.3, 0.4) is 0 Å². The molecule has 0 spiro atoms. The third-order valence-electron chi connectivity index (χ3n) is 2.84. The zero-order valence-electron chi connectivity index (χ0n) is 9.80. The van der Waals surface area contributed by atoms with Gasteiger partial charge in [-0.3, -0.25) is 4.90 Å². The molecule has 1 aromatic rings. The molecule has 0 atom stereocenters. The Labute approximate surface area is 101 Å². The molecule has 0 fully saturated rings. The van der Waals surface area contributed by atoms with Gasteiger partial charge in [-0.15, -0.1) is 0 Å². The Morgan fingerprint density at radius 2 is 2.06 bits per heavy atom. The lowest BCUT2D eigenvalue weighted by Gasteiger charge is -2.33. The summed E-state index contributed by atoms with van der Waals surface area (Å²) in [6.07, 6.45) is 0. The van der Waals surface area contributed by atoms with E-state index in [0.717, 1.165) is 0 Å². The van der Waals surface area contributed by atoms with Crippen LogP contribution in [0.25, 0.3) is 0 Å². The molecular formula is C12H17ClFNO. The van der Waals surface area contributed by atoms with Crippen molar-refractivity contribution in [3.8, 4) is 0 Å². The van der Waals surface area contributed by atoms with Crippen LogP contribution in [0.2, 0.25) is 5.02 Å². The molecule has 0 aliphatic rings. The van der Waals surface area contributed by atoms with Crippen LogP contribution in [0.15, 0.2) is 18.2 Å². The van der Waals surface area contributed by atoms with Gasteiger partial charge in [0.05, 0.1) is 6.61 Å². The second-order valence-corrected chi connectivity index (χ2v) is 5.00. The van der Waals surface area contributed by atoms with E-state index < -0.39 is 0 Å². The zero-order valence-corrected chi connectivity index (χ0v) is 10.6.